The maximum Gasteiger partial charge on any atom is 0.123 e. The topological polar surface area (TPSA) is 21.3 Å². The van der Waals surface area contributed by atoms with E-state index in [4.69, 9.17) is 4.74 Å². The molecule has 0 aromatic heterocycles. The molecule has 120 valence electrons. The van der Waals surface area contributed by atoms with Crippen molar-refractivity contribution in [1.82, 2.24) is 5.32 Å². The number of nitrogens with one attached hydrogen (secondary N) is 1. The number of ether oxygens (including phenoxy) is 1. The van der Waals surface area contributed by atoms with Crippen LogP contribution in [0.1, 0.15) is 66.0 Å². The first kappa shape index (κ1) is 18.0. The second kappa shape index (κ2) is 6.83. The van der Waals surface area contributed by atoms with Crippen LogP contribution < -0.4 is 10.1 Å². The number of rotatable bonds is 5. The van der Waals surface area contributed by atoms with Crippen molar-refractivity contribution < 1.29 is 4.74 Å². The van der Waals surface area contributed by atoms with Crippen molar-refractivity contribution in [3.8, 4) is 5.75 Å². The van der Waals surface area contributed by atoms with Gasteiger partial charge in [0.2, 0.25) is 0 Å². The first-order valence-electron chi connectivity index (χ1n) is 8.06. The fraction of sp³-hybridized carbons (Fsp3) is 0.684. The molecule has 21 heavy (non-hydrogen) atoms. The van der Waals surface area contributed by atoms with Crippen molar-refractivity contribution in [2.75, 3.05) is 6.54 Å². The van der Waals surface area contributed by atoms with Gasteiger partial charge >= 0.3 is 0 Å². The summed E-state index contributed by atoms with van der Waals surface area (Å²) in [5, 5.41) is 3.54. The number of aryl methyl sites for hydroxylation is 1. The van der Waals surface area contributed by atoms with Crippen LogP contribution >= 0.6 is 0 Å². The Morgan fingerprint density at radius 1 is 1.10 bits per heavy atom. The lowest BCUT2D eigenvalue weighted by Crippen LogP contribution is -2.42. The van der Waals surface area contributed by atoms with Gasteiger partial charge in [0, 0.05) is 12.1 Å². The Morgan fingerprint density at radius 3 is 2.19 bits per heavy atom. The lowest BCUT2D eigenvalue weighted by atomic mass is 9.85. The van der Waals surface area contributed by atoms with Gasteiger partial charge in [-0.3, -0.25) is 0 Å². The molecule has 0 aliphatic heterocycles. The second-order valence-corrected chi connectivity index (χ2v) is 8.03. The molecule has 0 radical (unpaired) electrons. The maximum absolute atomic E-state index is 6.31. The molecule has 0 spiro atoms. The van der Waals surface area contributed by atoms with E-state index in [-0.39, 0.29) is 17.1 Å². The molecule has 1 atom stereocenters. The summed E-state index contributed by atoms with van der Waals surface area (Å²) in [5.41, 5.74) is 2.79. The van der Waals surface area contributed by atoms with E-state index in [2.05, 4.69) is 78.9 Å². The van der Waals surface area contributed by atoms with Gasteiger partial charge in [0.1, 0.15) is 11.9 Å². The van der Waals surface area contributed by atoms with Crippen LogP contribution in [0.5, 0.6) is 5.75 Å². The monoisotopic (exact) mass is 291 g/mol. The first-order chi connectivity index (χ1) is 9.53. The summed E-state index contributed by atoms with van der Waals surface area (Å²) >= 11 is 0. The molecule has 0 saturated heterocycles. The molecular formula is C19H33NO. The third-order valence-electron chi connectivity index (χ3n) is 3.55. The van der Waals surface area contributed by atoms with Crippen LogP contribution in [-0.4, -0.2) is 18.2 Å². The molecule has 0 bridgehead atoms. The van der Waals surface area contributed by atoms with Gasteiger partial charge in [-0.1, -0.05) is 45.4 Å². The average Bonchev–Trinajstić information content (AvgIpc) is 2.33. The summed E-state index contributed by atoms with van der Waals surface area (Å²) in [6.45, 7) is 18.5. The zero-order valence-electron chi connectivity index (χ0n) is 15.1. The van der Waals surface area contributed by atoms with Gasteiger partial charge in [-0.2, -0.15) is 0 Å². The van der Waals surface area contributed by atoms with Gasteiger partial charge in [-0.25, -0.2) is 0 Å². The van der Waals surface area contributed by atoms with Gasteiger partial charge in [0.05, 0.1) is 0 Å². The summed E-state index contributed by atoms with van der Waals surface area (Å²) in [4.78, 5) is 0. The van der Waals surface area contributed by atoms with Gasteiger partial charge in [-0.15, -0.1) is 0 Å². The van der Waals surface area contributed by atoms with Gasteiger partial charge in [-0.05, 0) is 51.2 Å². The lowest BCUT2D eigenvalue weighted by Gasteiger charge is -2.28. The van der Waals surface area contributed by atoms with Crippen LogP contribution in [0.2, 0.25) is 0 Å². The normalized spacial score (nSPS) is 14.1. The molecule has 2 heteroatoms. The van der Waals surface area contributed by atoms with E-state index in [1.54, 1.807) is 0 Å². The summed E-state index contributed by atoms with van der Waals surface area (Å²) in [6.07, 6.45) is 1.20. The fourth-order valence-electron chi connectivity index (χ4n) is 2.20. The number of hydrogen-bond acceptors (Lipinski definition) is 2. The van der Waals surface area contributed by atoms with Gasteiger partial charge in [0.25, 0.3) is 0 Å². The Balaban J connectivity index is 2.90. The van der Waals surface area contributed by atoms with E-state index in [1.165, 1.54) is 11.1 Å². The van der Waals surface area contributed by atoms with E-state index >= 15 is 0 Å². The molecule has 1 N–H and O–H groups in total. The Morgan fingerprint density at radius 2 is 1.71 bits per heavy atom. The summed E-state index contributed by atoms with van der Waals surface area (Å²) in [6, 6.07) is 6.50. The van der Waals surface area contributed by atoms with E-state index in [1.807, 2.05) is 0 Å². The Labute approximate surface area is 131 Å². The lowest BCUT2D eigenvalue weighted by molar-refractivity contribution is 0.177. The highest BCUT2D eigenvalue weighted by atomic mass is 16.5. The number of benzene rings is 1. The largest absolute Gasteiger partial charge is 0.489 e. The molecule has 0 amide bonds. The van der Waals surface area contributed by atoms with Crippen LogP contribution in [0.15, 0.2) is 18.2 Å². The summed E-state index contributed by atoms with van der Waals surface area (Å²) < 4.78 is 6.31. The summed E-state index contributed by atoms with van der Waals surface area (Å²) in [7, 11) is 0. The van der Waals surface area contributed by atoms with Crippen LogP contribution in [0.4, 0.5) is 0 Å². The molecular weight excluding hydrogens is 258 g/mol. The highest BCUT2D eigenvalue weighted by Crippen LogP contribution is 2.32. The third kappa shape index (κ3) is 6.09. The fourth-order valence-corrected chi connectivity index (χ4v) is 2.20. The smallest absolute Gasteiger partial charge is 0.123 e. The molecule has 1 aromatic carbocycles. The standard InChI is InChI=1S/C19H33NO/c1-9-15(13-20-19(6,7)8)21-17-11-10-14(2)12-16(17)18(3,4)5/h10-12,15,20H,9,13H2,1-8H3. The minimum absolute atomic E-state index is 0.0943. The molecule has 1 rings (SSSR count). The minimum Gasteiger partial charge on any atom is -0.489 e. The van der Waals surface area contributed by atoms with Crippen molar-refractivity contribution >= 4 is 0 Å². The van der Waals surface area contributed by atoms with Crippen molar-refractivity contribution in [3.05, 3.63) is 29.3 Å². The molecule has 1 unspecified atom stereocenters. The molecule has 0 aliphatic rings. The molecule has 1 aromatic rings. The van der Waals surface area contributed by atoms with Crippen LogP contribution in [-0.2, 0) is 5.41 Å². The van der Waals surface area contributed by atoms with Crippen molar-refractivity contribution in [2.45, 2.75) is 78.9 Å². The van der Waals surface area contributed by atoms with Gasteiger partial charge in [0.15, 0.2) is 0 Å². The predicted molar refractivity (Wildman–Crippen MR) is 92.3 cm³/mol. The maximum atomic E-state index is 6.31. The highest BCUT2D eigenvalue weighted by Gasteiger charge is 2.21. The highest BCUT2D eigenvalue weighted by molar-refractivity contribution is 5.41. The SMILES string of the molecule is CCC(CNC(C)(C)C)Oc1ccc(C)cc1C(C)(C)C. The minimum atomic E-state index is 0.0943. The van der Waals surface area contributed by atoms with Crippen LogP contribution in [0.3, 0.4) is 0 Å². The molecule has 2 nitrogen and oxygen atoms in total. The third-order valence-corrected chi connectivity index (χ3v) is 3.55. The molecule has 0 heterocycles. The first-order valence-corrected chi connectivity index (χ1v) is 8.06. The Hall–Kier alpha value is -1.02. The van der Waals surface area contributed by atoms with E-state index in [0.717, 1.165) is 18.7 Å². The zero-order chi connectivity index (χ0) is 16.3. The molecule has 0 fully saturated rings. The zero-order valence-corrected chi connectivity index (χ0v) is 15.1. The molecule has 0 aliphatic carbocycles. The van der Waals surface area contributed by atoms with Crippen molar-refractivity contribution in [3.63, 3.8) is 0 Å². The van der Waals surface area contributed by atoms with E-state index in [0.29, 0.717) is 0 Å². The van der Waals surface area contributed by atoms with Gasteiger partial charge < -0.3 is 10.1 Å². The quantitative estimate of drug-likeness (QED) is 0.838. The van der Waals surface area contributed by atoms with E-state index < -0.39 is 0 Å². The van der Waals surface area contributed by atoms with E-state index in [9.17, 15) is 0 Å². The average molecular weight is 291 g/mol. The number of hydrogen-bond donors (Lipinski definition) is 1. The predicted octanol–water partition coefficient (Wildman–Crippen LogP) is 4.84. The summed E-state index contributed by atoms with van der Waals surface area (Å²) in [5.74, 6) is 1.02. The second-order valence-electron chi connectivity index (χ2n) is 8.03. The van der Waals surface area contributed by atoms with Crippen molar-refractivity contribution in [2.24, 2.45) is 0 Å². The van der Waals surface area contributed by atoms with Crippen molar-refractivity contribution in [1.29, 1.82) is 0 Å². The Kier molecular flexibility index (Phi) is 5.86. The van der Waals surface area contributed by atoms with Crippen LogP contribution in [0.25, 0.3) is 0 Å². The Bertz CT molecular complexity index is 452. The molecule has 0 saturated carbocycles. The van der Waals surface area contributed by atoms with Crippen LogP contribution in [0, 0.1) is 6.92 Å².